The number of sulfonamides is 1. The van der Waals surface area contributed by atoms with Crippen molar-refractivity contribution < 1.29 is 18.1 Å². The molecule has 0 fully saturated rings. The molecule has 2 N–H and O–H groups in total. The van der Waals surface area contributed by atoms with Gasteiger partial charge in [0.2, 0.25) is 10.0 Å². The van der Waals surface area contributed by atoms with Crippen LogP contribution in [0.25, 0.3) is 0 Å². The zero-order chi connectivity index (χ0) is 18.2. The van der Waals surface area contributed by atoms with Gasteiger partial charge < -0.3 is 9.64 Å². The highest BCUT2D eigenvalue weighted by Gasteiger charge is 2.26. The van der Waals surface area contributed by atoms with Crippen LogP contribution < -0.4 is 14.8 Å². The Kier molecular flexibility index (Phi) is 4.36. The molecule has 1 heterocycles. The molecule has 0 saturated carbocycles. The Balaban J connectivity index is 2.01. The first-order chi connectivity index (χ1) is 11.8. The Hall–Kier alpha value is -2.65. The summed E-state index contributed by atoms with van der Waals surface area (Å²) < 4.78 is 28.3. The summed E-state index contributed by atoms with van der Waals surface area (Å²) in [6, 6.07) is 9.44. The van der Waals surface area contributed by atoms with Gasteiger partial charge in [-0.3, -0.25) is 10.1 Å². The van der Waals surface area contributed by atoms with E-state index in [0.29, 0.717) is 25.2 Å². The minimum atomic E-state index is -4.00. The molecule has 9 heteroatoms. The van der Waals surface area contributed by atoms with E-state index in [2.05, 4.69) is 0 Å². The monoisotopic (exact) mass is 363 g/mol. The Morgan fingerprint density at radius 2 is 2.04 bits per heavy atom. The summed E-state index contributed by atoms with van der Waals surface area (Å²) in [5.74, 6) is 0.802. The summed E-state index contributed by atoms with van der Waals surface area (Å²) in [5.41, 5.74) is 2.20. The predicted octanol–water partition coefficient (Wildman–Crippen LogP) is 1.81. The third-order valence-corrected chi connectivity index (χ3v) is 5.17. The van der Waals surface area contributed by atoms with E-state index in [9.17, 15) is 18.5 Å². The van der Waals surface area contributed by atoms with Crippen molar-refractivity contribution in [3.8, 4) is 5.75 Å². The maximum absolute atomic E-state index is 11.5. The number of hydrogen-bond acceptors (Lipinski definition) is 6. The maximum Gasteiger partial charge on any atom is 0.293 e. The van der Waals surface area contributed by atoms with Gasteiger partial charge in [0.15, 0.2) is 0 Å². The average molecular weight is 363 g/mol. The summed E-state index contributed by atoms with van der Waals surface area (Å²) >= 11 is 0. The van der Waals surface area contributed by atoms with E-state index in [-0.39, 0.29) is 10.6 Å². The van der Waals surface area contributed by atoms with Gasteiger partial charge in [-0.1, -0.05) is 12.1 Å². The molecule has 1 aliphatic rings. The summed E-state index contributed by atoms with van der Waals surface area (Å²) in [5, 5.41) is 16.5. The van der Waals surface area contributed by atoms with Crippen molar-refractivity contribution in [2.24, 2.45) is 5.14 Å². The molecule has 8 nitrogen and oxygen atoms in total. The first-order valence-corrected chi connectivity index (χ1v) is 9.07. The van der Waals surface area contributed by atoms with Crippen LogP contribution in [0.1, 0.15) is 11.1 Å². The topological polar surface area (TPSA) is 116 Å². The second kappa shape index (κ2) is 6.34. The number of hydrogen-bond donors (Lipinski definition) is 1. The number of primary sulfonamides is 1. The van der Waals surface area contributed by atoms with Gasteiger partial charge in [0, 0.05) is 24.7 Å². The predicted molar refractivity (Wildman–Crippen MR) is 92.2 cm³/mol. The lowest BCUT2D eigenvalue weighted by Crippen LogP contribution is -2.31. The number of nitrogens with two attached hydrogens (primary N) is 1. The lowest BCUT2D eigenvalue weighted by molar-refractivity contribution is -0.384. The minimum absolute atomic E-state index is 0.276. The van der Waals surface area contributed by atoms with Crippen molar-refractivity contribution in [1.29, 1.82) is 0 Å². The fourth-order valence-electron chi connectivity index (χ4n) is 3.07. The first-order valence-electron chi connectivity index (χ1n) is 7.52. The number of nitro benzene ring substituents is 1. The van der Waals surface area contributed by atoms with Crippen molar-refractivity contribution in [2.75, 3.05) is 18.6 Å². The van der Waals surface area contributed by atoms with Crippen LogP contribution in [0.4, 0.5) is 11.4 Å². The first kappa shape index (κ1) is 17.2. The molecular weight excluding hydrogens is 346 g/mol. The Bertz CT molecular complexity index is 943. The molecule has 0 unspecified atom stereocenters. The zero-order valence-corrected chi connectivity index (χ0v) is 14.3. The van der Waals surface area contributed by atoms with Gasteiger partial charge in [0.05, 0.1) is 16.9 Å². The third-order valence-electron chi connectivity index (χ3n) is 4.26. The quantitative estimate of drug-likeness (QED) is 0.654. The van der Waals surface area contributed by atoms with Crippen LogP contribution in [0.5, 0.6) is 5.75 Å². The van der Waals surface area contributed by atoms with E-state index in [1.54, 1.807) is 7.11 Å². The van der Waals surface area contributed by atoms with Crippen LogP contribution in [0.3, 0.4) is 0 Å². The van der Waals surface area contributed by atoms with Gasteiger partial charge in [0.25, 0.3) is 5.69 Å². The van der Waals surface area contributed by atoms with Crippen LogP contribution in [0.15, 0.2) is 41.3 Å². The number of ether oxygens (including phenoxy) is 1. The maximum atomic E-state index is 11.5. The Labute approximate surface area is 145 Å². The Morgan fingerprint density at radius 3 is 2.68 bits per heavy atom. The molecule has 25 heavy (non-hydrogen) atoms. The average Bonchev–Trinajstić information content (AvgIpc) is 2.59. The van der Waals surface area contributed by atoms with E-state index < -0.39 is 14.9 Å². The van der Waals surface area contributed by atoms with Crippen molar-refractivity contribution in [3.05, 3.63) is 57.6 Å². The summed E-state index contributed by atoms with van der Waals surface area (Å²) in [6.45, 7) is 1.03. The summed E-state index contributed by atoms with van der Waals surface area (Å²) in [7, 11) is -2.39. The van der Waals surface area contributed by atoms with E-state index in [0.717, 1.165) is 22.9 Å². The van der Waals surface area contributed by atoms with Gasteiger partial charge in [-0.2, -0.15) is 0 Å². The highest BCUT2D eigenvalue weighted by molar-refractivity contribution is 7.89. The standard InChI is InChI=1S/C16H17N3O5S/c1-24-16-4-2-3-11-10-18(8-7-13(11)16)14-6-5-12(25(17,22)23)9-15(14)19(20)21/h2-6,9H,7-8,10H2,1H3,(H2,17,22,23). The van der Waals surface area contributed by atoms with Gasteiger partial charge >= 0.3 is 0 Å². The molecule has 0 aliphatic carbocycles. The molecule has 0 bridgehead atoms. The van der Waals surface area contributed by atoms with Crippen molar-refractivity contribution in [3.63, 3.8) is 0 Å². The molecule has 0 saturated heterocycles. The second-order valence-electron chi connectivity index (χ2n) is 5.72. The summed E-state index contributed by atoms with van der Waals surface area (Å²) in [6.07, 6.45) is 0.674. The van der Waals surface area contributed by atoms with Crippen LogP contribution in [0, 0.1) is 10.1 Å². The second-order valence-corrected chi connectivity index (χ2v) is 7.28. The molecule has 3 rings (SSSR count). The Morgan fingerprint density at radius 1 is 1.28 bits per heavy atom. The number of nitro groups is 1. The van der Waals surface area contributed by atoms with E-state index >= 15 is 0 Å². The van der Waals surface area contributed by atoms with Gasteiger partial charge in [0.1, 0.15) is 11.4 Å². The number of nitrogens with zero attached hydrogens (tertiary/aromatic N) is 2. The molecule has 132 valence electrons. The molecule has 2 aromatic carbocycles. The van der Waals surface area contributed by atoms with Crippen LogP contribution in [-0.2, 0) is 23.0 Å². The highest BCUT2D eigenvalue weighted by Crippen LogP contribution is 2.35. The summed E-state index contributed by atoms with van der Waals surface area (Å²) in [4.78, 5) is 12.4. The third kappa shape index (κ3) is 3.28. The lowest BCUT2D eigenvalue weighted by atomic mass is 9.98. The van der Waals surface area contributed by atoms with Gasteiger partial charge in [-0.15, -0.1) is 0 Å². The lowest BCUT2D eigenvalue weighted by Gasteiger charge is -2.31. The fraction of sp³-hybridized carbons (Fsp3) is 0.250. The number of methoxy groups -OCH3 is 1. The van der Waals surface area contributed by atoms with Gasteiger partial charge in [-0.25, -0.2) is 13.6 Å². The molecule has 1 aliphatic heterocycles. The molecule has 0 spiro atoms. The number of rotatable bonds is 4. The van der Waals surface area contributed by atoms with E-state index in [1.807, 2.05) is 23.1 Å². The number of anilines is 1. The largest absolute Gasteiger partial charge is 0.496 e. The SMILES string of the molecule is COc1cccc2c1CCN(c1ccc(S(N)(=O)=O)cc1[N+](=O)[O-])C2. The van der Waals surface area contributed by atoms with Crippen molar-refractivity contribution in [1.82, 2.24) is 0 Å². The van der Waals surface area contributed by atoms with Crippen LogP contribution >= 0.6 is 0 Å². The zero-order valence-electron chi connectivity index (χ0n) is 13.5. The van der Waals surface area contributed by atoms with E-state index in [4.69, 9.17) is 9.88 Å². The fourth-order valence-corrected chi connectivity index (χ4v) is 3.60. The molecule has 0 aromatic heterocycles. The molecule has 0 amide bonds. The van der Waals surface area contributed by atoms with Crippen molar-refractivity contribution in [2.45, 2.75) is 17.9 Å². The van der Waals surface area contributed by atoms with Gasteiger partial charge in [-0.05, 0) is 30.2 Å². The van der Waals surface area contributed by atoms with Crippen molar-refractivity contribution >= 4 is 21.4 Å². The molecule has 0 atom stereocenters. The highest BCUT2D eigenvalue weighted by atomic mass is 32.2. The molecule has 2 aromatic rings. The minimum Gasteiger partial charge on any atom is -0.496 e. The molecular formula is C16H17N3O5S. The number of benzene rings is 2. The van der Waals surface area contributed by atoms with E-state index in [1.165, 1.54) is 12.1 Å². The number of fused-ring (bicyclic) bond motifs is 1. The van der Waals surface area contributed by atoms with Crippen LogP contribution in [0.2, 0.25) is 0 Å². The smallest absolute Gasteiger partial charge is 0.293 e. The normalized spacial score (nSPS) is 14.1. The molecule has 0 radical (unpaired) electrons. The van der Waals surface area contributed by atoms with Crippen LogP contribution in [-0.4, -0.2) is 27.0 Å².